The number of nitrogens with one attached hydrogen (secondary N) is 2. The van der Waals surface area contributed by atoms with E-state index in [9.17, 15) is 14.4 Å². The predicted molar refractivity (Wildman–Crippen MR) is 88.9 cm³/mol. The molecule has 1 aromatic carbocycles. The molecular formula is C16H18ClN3O4. The summed E-state index contributed by atoms with van der Waals surface area (Å²) in [7, 11) is 0. The number of hydrogen-bond acceptors (Lipinski definition) is 4. The topological polar surface area (TPSA) is 118 Å². The highest BCUT2D eigenvalue weighted by Crippen LogP contribution is 2.28. The molecule has 1 amide bonds. The molecule has 0 radical (unpaired) electrons. The van der Waals surface area contributed by atoms with Crippen LogP contribution in [0.4, 0.5) is 0 Å². The lowest BCUT2D eigenvalue weighted by Gasteiger charge is -2.15. The molecule has 2 rings (SSSR count). The quantitative estimate of drug-likeness (QED) is 0.654. The number of aromatic nitrogens is 2. The van der Waals surface area contributed by atoms with E-state index in [-0.39, 0.29) is 19.4 Å². The Bertz CT molecular complexity index is 779. The van der Waals surface area contributed by atoms with Crippen LogP contribution < -0.4 is 11.3 Å². The largest absolute Gasteiger partial charge is 0.466 e. The SMILES string of the molecule is CCOC(=O)Cc1[nH][nH]c(=O)c1[C@@H](CC(N)=O)c1ccc(Cl)cc1. The maximum Gasteiger partial charge on any atom is 0.311 e. The van der Waals surface area contributed by atoms with Crippen molar-refractivity contribution in [2.45, 2.75) is 25.7 Å². The number of halogens is 1. The standard InChI is InChI=1S/C16H18ClN3O4/c1-2-24-14(22)8-12-15(16(23)20-19-12)11(7-13(18)21)9-3-5-10(17)6-4-9/h3-6,11H,2,7-8H2,1H3,(H2,18,21)(H2,19,20,23)/t11-/m0/s1. The molecule has 0 spiro atoms. The van der Waals surface area contributed by atoms with E-state index < -0.39 is 23.4 Å². The van der Waals surface area contributed by atoms with Crippen LogP contribution in [0.25, 0.3) is 0 Å². The van der Waals surface area contributed by atoms with Gasteiger partial charge in [-0.05, 0) is 24.6 Å². The fourth-order valence-corrected chi connectivity index (χ4v) is 2.68. The molecule has 1 heterocycles. The Hall–Kier alpha value is -2.54. The van der Waals surface area contributed by atoms with Crippen molar-refractivity contribution in [1.29, 1.82) is 0 Å². The molecule has 7 nitrogen and oxygen atoms in total. The summed E-state index contributed by atoms with van der Waals surface area (Å²) in [6.07, 6.45) is -0.177. The summed E-state index contributed by atoms with van der Waals surface area (Å²) in [5.41, 5.74) is 6.30. The van der Waals surface area contributed by atoms with Gasteiger partial charge in [-0.2, -0.15) is 0 Å². The fourth-order valence-electron chi connectivity index (χ4n) is 2.55. The van der Waals surface area contributed by atoms with Crippen LogP contribution in [-0.2, 0) is 20.7 Å². The summed E-state index contributed by atoms with van der Waals surface area (Å²) in [6, 6.07) is 6.76. The Morgan fingerprint density at radius 3 is 2.50 bits per heavy atom. The molecule has 0 saturated carbocycles. The number of esters is 1. The third-order valence-electron chi connectivity index (χ3n) is 3.55. The van der Waals surface area contributed by atoms with E-state index in [0.717, 1.165) is 0 Å². The molecule has 1 atom stereocenters. The van der Waals surface area contributed by atoms with E-state index in [0.29, 0.717) is 21.8 Å². The molecule has 2 aromatic rings. The zero-order chi connectivity index (χ0) is 17.7. The van der Waals surface area contributed by atoms with Crippen LogP contribution >= 0.6 is 11.6 Å². The van der Waals surface area contributed by atoms with Crippen molar-refractivity contribution in [2.24, 2.45) is 5.73 Å². The number of carbonyl (C=O) groups is 2. The van der Waals surface area contributed by atoms with E-state index in [4.69, 9.17) is 22.1 Å². The molecule has 8 heteroatoms. The van der Waals surface area contributed by atoms with Crippen LogP contribution in [0, 0.1) is 0 Å². The average molecular weight is 352 g/mol. The zero-order valence-corrected chi connectivity index (χ0v) is 13.9. The number of aromatic amines is 2. The van der Waals surface area contributed by atoms with E-state index >= 15 is 0 Å². The Morgan fingerprint density at radius 2 is 1.92 bits per heavy atom. The number of amides is 1. The van der Waals surface area contributed by atoms with Gasteiger partial charge in [-0.1, -0.05) is 23.7 Å². The van der Waals surface area contributed by atoms with Crippen LogP contribution in [0.5, 0.6) is 0 Å². The van der Waals surface area contributed by atoms with Crippen molar-refractivity contribution >= 4 is 23.5 Å². The van der Waals surface area contributed by atoms with Crippen LogP contribution in [0.1, 0.15) is 36.1 Å². The normalized spacial score (nSPS) is 11.9. The Balaban J connectivity index is 2.44. The summed E-state index contributed by atoms with van der Waals surface area (Å²) < 4.78 is 4.91. The molecule has 0 saturated heterocycles. The lowest BCUT2D eigenvalue weighted by molar-refractivity contribution is -0.142. The first-order chi connectivity index (χ1) is 11.4. The van der Waals surface area contributed by atoms with Crippen molar-refractivity contribution in [3.05, 3.63) is 56.5 Å². The summed E-state index contributed by atoms with van der Waals surface area (Å²) in [6.45, 7) is 1.94. The number of benzene rings is 1. The molecule has 24 heavy (non-hydrogen) atoms. The third-order valence-corrected chi connectivity index (χ3v) is 3.80. The smallest absolute Gasteiger partial charge is 0.311 e. The first kappa shape index (κ1) is 17.8. The molecule has 0 unspecified atom stereocenters. The molecule has 0 aliphatic carbocycles. The maximum atomic E-state index is 12.2. The number of primary amides is 1. The molecule has 4 N–H and O–H groups in total. The van der Waals surface area contributed by atoms with Crippen LogP contribution in [-0.4, -0.2) is 28.7 Å². The first-order valence-corrected chi connectivity index (χ1v) is 7.79. The van der Waals surface area contributed by atoms with E-state index in [1.165, 1.54) is 0 Å². The fraction of sp³-hybridized carbons (Fsp3) is 0.312. The zero-order valence-electron chi connectivity index (χ0n) is 13.1. The molecule has 1 aromatic heterocycles. The number of nitrogens with two attached hydrogens (primary N) is 1. The van der Waals surface area contributed by atoms with Crippen molar-refractivity contribution in [3.8, 4) is 0 Å². The van der Waals surface area contributed by atoms with Gasteiger partial charge in [0.1, 0.15) is 0 Å². The third kappa shape index (κ3) is 4.26. The first-order valence-electron chi connectivity index (χ1n) is 7.41. The van der Waals surface area contributed by atoms with E-state index in [1.54, 1.807) is 31.2 Å². The van der Waals surface area contributed by atoms with Gasteiger partial charge < -0.3 is 15.6 Å². The molecule has 128 valence electrons. The second-order valence-electron chi connectivity index (χ2n) is 5.23. The van der Waals surface area contributed by atoms with Gasteiger partial charge in [0.25, 0.3) is 5.56 Å². The summed E-state index contributed by atoms with van der Waals surface area (Å²) in [5, 5.41) is 5.67. The van der Waals surface area contributed by atoms with E-state index in [1.807, 2.05) is 0 Å². The van der Waals surface area contributed by atoms with Crippen LogP contribution in [0.3, 0.4) is 0 Å². The summed E-state index contributed by atoms with van der Waals surface area (Å²) >= 11 is 5.89. The van der Waals surface area contributed by atoms with Gasteiger partial charge in [-0.3, -0.25) is 19.5 Å². The molecule has 0 aliphatic rings. The van der Waals surface area contributed by atoms with Gasteiger partial charge >= 0.3 is 5.97 Å². The molecule has 0 bridgehead atoms. The van der Waals surface area contributed by atoms with Crippen molar-refractivity contribution in [3.63, 3.8) is 0 Å². The van der Waals surface area contributed by atoms with Gasteiger partial charge in [0.05, 0.1) is 18.7 Å². The molecular weight excluding hydrogens is 334 g/mol. The minimum absolute atomic E-state index is 0.0710. The summed E-state index contributed by atoms with van der Waals surface area (Å²) in [5.74, 6) is -1.61. The Kier molecular flexibility index (Phi) is 5.81. The number of hydrogen-bond donors (Lipinski definition) is 3. The van der Waals surface area contributed by atoms with Gasteiger partial charge in [0, 0.05) is 22.9 Å². The number of rotatable bonds is 7. The van der Waals surface area contributed by atoms with Crippen molar-refractivity contribution in [2.75, 3.05) is 6.61 Å². The lowest BCUT2D eigenvalue weighted by atomic mass is 9.88. The predicted octanol–water partition coefficient (Wildman–Crippen LogP) is 1.47. The number of H-pyrrole nitrogens is 2. The second kappa shape index (κ2) is 7.83. The maximum absolute atomic E-state index is 12.2. The van der Waals surface area contributed by atoms with E-state index in [2.05, 4.69) is 10.2 Å². The number of ether oxygens (including phenoxy) is 1. The minimum Gasteiger partial charge on any atom is -0.466 e. The highest BCUT2D eigenvalue weighted by atomic mass is 35.5. The van der Waals surface area contributed by atoms with Crippen LogP contribution in [0.15, 0.2) is 29.1 Å². The highest BCUT2D eigenvalue weighted by molar-refractivity contribution is 6.30. The van der Waals surface area contributed by atoms with Gasteiger partial charge in [0.15, 0.2) is 0 Å². The summed E-state index contributed by atoms with van der Waals surface area (Å²) in [4.78, 5) is 35.4. The van der Waals surface area contributed by atoms with Gasteiger partial charge in [0.2, 0.25) is 5.91 Å². The van der Waals surface area contributed by atoms with Gasteiger partial charge in [-0.15, -0.1) is 0 Å². The van der Waals surface area contributed by atoms with Crippen molar-refractivity contribution < 1.29 is 14.3 Å². The Morgan fingerprint density at radius 1 is 1.25 bits per heavy atom. The highest BCUT2D eigenvalue weighted by Gasteiger charge is 2.25. The minimum atomic E-state index is -0.584. The lowest BCUT2D eigenvalue weighted by Crippen LogP contribution is -2.21. The number of carbonyl (C=O) groups excluding carboxylic acids is 2. The Labute approximate surface area is 143 Å². The molecule has 0 aliphatic heterocycles. The van der Waals surface area contributed by atoms with Crippen molar-refractivity contribution in [1.82, 2.24) is 10.2 Å². The monoisotopic (exact) mass is 351 g/mol. The molecule has 0 fully saturated rings. The van der Waals surface area contributed by atoms with Crippen LogP contribution in [0.2, 0.25) is 5.02 Å². The second-order valence-corrected chi connectivity index (χ2v) is 5.66. The van der Waals surface area contributed by atoms with Gasteiger partial charge in [-0.25, -0.2) is 0 Å². The average Bonchev–Trinajstić information content (AvgIpc) is 2.86.